The minimum atomic E-state index is -0.407. The van der Waals surface area contributed by atoms with Crippen molar-refractivity contribution in [2.24, 2.45) is 4.99 Å². The van der Waals surface area contributed by atoms with Gasteiger partial charge in [-0.1, -0.05) is 48.5 Å². The summed E-state index contributed by atoms with van der Waals surface area (Å²) in [5, 5.41) is 0.555. The van der Waals surface area contributed by atoms with Crippen molar-refractivity contribution in [3.63, 3.8) is 0 Å². The van der Waals surface area contributed by atoms with Crippen molar-refractivity contribution in [3.05, 3.63) is 100 Å². The number of para-hydroxylation sites is 1. The van der Waals surface area contributed by atoms with Crippen LogP contribution >= 0.6 is 11.8 Å². The van der Waals surface area contributed by atoms with Gasteiger partial charge in [0.1, 0.15) is 12.4 Å². The molecular formula is C26H22N2O4S. The Morgan fingerprint density at radius 3 is 2.42 bits per heavy atom. The van der Waals surface area contributed by atoms with Gasteiger partial charge in [0.15, 0.2) is 5.17 Å². The third-order valence-corrected chi connectivity index (χ3v) is 6.02. The maximum atomic E-state index is 12.8. The molecule has 1 amide bonds. The molecule has 0 saturated carbocycles. The maximum Gasteiger partial charge on any atom is 0.337 e. The van der Waals surface area contributed by atoms with Crippen LogP contribution < -0.4 is 4.74 Å². The number of thioether (sulfide) groups is 1. The molecule has 0 unspecified atom stereocenters. The Kier molecular flexibility index (Phi) is 6.90. The summed E-state index contributed by atoms with van der Waals surface area (Å²) in [7, 11) is 3.03. The SMILES string of the molecule is COC(=O)c1ccc(N=C2S/C(=C\c3ccccc3OCc3ccccc3)C(=O)N2C)cc1. The first-order valence-corrected chi connectivity index (χ1v) is 11.1. The number of methoxy groups -OCH3 is 1. The summed E-state index contributed by atoms with van der Waals surface area (Å²) in [6.07, 6.45) is 1.83. The number of carbonyl (C=O) groups excluding carboxylic acids is 2. The van der Waals surface area contributed by atoms with Gasteiger partial charge in [-0.25, -0.2) is 9.79 Å². The van der Waals surface area contributed by atoms with Crippen molar-refractivity contribution in [3.8, 4) is 5.75 Å². The minimum absolute atomic E-state index is 0.136. The zero-order valence-electron chi connectivity index (χ0n) is 18.2. The molecule has 0 spiro atoms. The normalized spacial score (nSPS) is 15.8. The van der Waals surface area contributed by atoms with Crippen molar-refractivity contribution in [2.75, 3.05) is 14.2 Å². The van der Waals surface area contributed by atoms with Crippen molar-refractivity contribution in [1.29, 1.82) is 0 Å². The van der Waals surface area contributed by atoms with Gasteiger partial charge < -0.3 is 9.47 Å². The van der Waals surface area contributed by atoms with Gasteiger partial charge in [-0.05, 0) is 53.7 Å². The highest BCUT2D eigenvalue weighted by Gasteiger charge is 2.30. The Balaban J connectivity index is 1.53. The molecular weight excluding hydrogens is 436 g/mol. The van der Waals surface area contributed by atoms with Gasteiger partial charge in [0.25, 0.3) is 5.91 Å². The number of amidine groups is 1. The molecule has 0 atom stereocenters. The molecule has 1 aliphatic heterocycles. The van der Waals surface area contributed by atoms with Crippen LogP contribution in [0, 0.1) is 0 Å². The Labute approximate surface area is 196 Å². The van der Waals surface area contributed by atoms with E-state index >= 15 is 0 Å². The largest absolute Gasteiger partial charge is 0.488 e. The van der Waals surface area contributed by atoms with E-state index in [1.807, 2.05) is 60.7 Å². The molecule has 0 radical (unpaired) electrons. The van der Waals surface area contributed by atoms with Crippen molar-refractivity contribution >= 4 is 40.6 Å². The number of carbonyl (C=O) groups is 2. The smallest absolute Gasteiger partial charge is 0.337 e. The molecule has 3 aromatic carbocycles. The van der Waals surface area contributed by atoms with E-state index in [9.17, 15) is 9.59 Å². The fourth-order valence-corrected chi connectivity index (χ4v) is 4.14. The molecule has 33 heavy (non-hydrogen) atoms. The third-order valence-electron chi connectivity index (χ3n) is 4.96. The van der Waals surface area contributed by atoms with E-state index < -0.39 is 5.97 Å². The average Bonchev–Trinajstić information content (AvgIpc) is 3.11. The van der Waals surface area contributed by atoms with E-state index in [4.69, 9.17) is 9.47 Å². The van der Waals surface area contributed by atoms with Crippen LogP contribution in [-0.2, 0) is 16.1 Å². The molecule has 1 heterocycles. The van der Waals surface area contributed by atoms with Crippen molar-refractivity contribution in [2.45, 2.75) is 6.61 Å². The minimum Gasteiger partial charge on any atom is -0.488 e. The number of rotatable bonds is 6. The molecule has 1 aliphatic rings. The molecule has 0 bridgehead atoms. The van der Waals surface area contributed by atoms with Gasteiger partial charge in [-0.2, -0.15) is 0 Å². The number of ether oxygens (including phenoxy) is 2. The number of amides is 1. The van der Waals surface area contributed by atoms with Crippen LogP contribution in [0.3, 0.4) is 0 Å². The highest BCUT2D eigenvalue weighted by atomic mass is 32.2. The third kappa shape index (κ3) is 5.32. The maximum absolute atomic E-state index is 12.8. The predicted molar refractivity (Wildman–Crippen MR) is 130 cm³/mol. The van der Waals surface area contributed by atoms with Crippen molar-refractivity contribution < 1.29 is 19.1 Å². The van der Waals surface area contributed by atoms with Gasteiger partial charge in [0.2, 0.25) is 0 Å². The van der Waals surface area contributed by atoms with Gasteiger partial charge in [0.05, 0.1) is 23.3 Å². The predicted octanol–water partition coefficient (Wildman–Crippen LogP) is 5.29. The number of esters is 1. The molecule has 0 aromatic heterocycles. The fraction of sp³-hybridized carbons (Fsp3) is 0.115. The Morgan fingerprint density at radius 2 is 1.70 bits per heavy atom. The molecule has 1 saturated heterocycles. The number of likely N-dealkylation sites (N-methyl/N-ethyl adjacent to an activating group) is 1. The first kappa shape index (κ1) is 22.4. The van der Waals surface area contributed by atoms with Crippen LogP contribution in [0.2, 0.25) is 0 Å². The number of nitrogens with zero attached hydrogens (tertiary/aromatic N) is 2. The van der Waals surface area contributed by atoms with Gasteiger partial charge >= 0.3 is 5.97 Å². The zero-order valence-corrected chi connectivity index (χ0v) is 19.0. The quantitative estimate of drug-likeness (QED) is 0.371. The lowest BCUT2D eigenvalue weighted by Crippen LogP contribution is -2.23. The number of hydrogen-bond donors (Lipinski definition) is 0. The van der Waals surface area contributed by atoms with E-state index in [-0.39, 0.29) is 5.91 Å². The highest BCUT2D eigenvalue weighted by molar-refractivity contribution is 8.18. The molecule has 0 N–H and O–H groups in total. The van der Waals surface area contributed by atoms with Crippen molar-refractivity contribution in [1.82, 2.24) is 4.90 Å². The summed E-state index contributed by atoms with van der Waals surface area (Å²) >= 11 is 1.30. The monoisotopic (exact) mass is 458 g/mol. The number of benzene rings is 3. The topological polar surface area (TPSA) is 68.2 Å². The fourth-order valence-electron chi connectivity index (χ4n) is 3.16. The van der Waals surface area contributed by atoms with Gasteiger partial charge in [-0.15, -0.1) is 0 Å². The van der Waals surface area contributed by atoms with Crippen LogP contribution in [-0.4, -0.2) is 36.1 Å². The van der Waals surface area contributed by atoms with Gasteiger partial charge in [0, 0.05) is 12.6 Å². The second-order valence-electron chi connectivity index (χ2n) is 7.22. The van der Waals surface area contributed by atoms with Crippen LogP contribution in [0.15, 0.2) is 88.8 Å². The van der Waals surface area contributed by atoms with E-state index in [0.717, 1.165) is 11.1 Å². The lowest BCUT2D eigenvalue weighted by molar-refractivity contribution is -0.121. The van der Waals surface area contributed by atoms with E-state index in [0.29, 0.717) is 33.7 Å². The summed E-state index contributed by atoms with van der Waals surface area (Å²) in [5.41, 5.74) is 2.97. The van der Waals surface area contributed by atoms with Crippen LogP contribution in [0.25, 0.3) is 6.08 Å². The number of aliphatic imine (C=N–C) groups is 1. The first-order valence-electron chi connectivity index (χ1n) is 10.3. The lowest BCUT2D eigenvalue weighted by Gasteiger charge is -2.09. The zero-order chi connectivity index (χ0) is 23.2. The van der Waals surface area contributed by atoms with Crippen LogP contribution in [0.5, 0.6) is 5.75 Å². The molecule has 1 fully saturated rings. The van der Waals surface area contributed by atoms with E-state index in [1.165, 1.54) is 23.8 Å². The second kappa shape index (κ2) is 10.2. The molecule has 7 heteroatoms. The summed E-state index contributed by atoms with van der Waals surface area (Å²) < 4.78 is 10.7. The van der Waals surface area contributed by atoms with Gasteiger partial charge in [-0.3, -0.25) is 9.69 Å². The molecule has 166 valence electrons. The molecule has 6 nitrogen and oxygen atoms in total. The Bertz CT molecular complexity index is 1220. The number of hydrogen-bond acceptors (Lipinski definition) is 6. The van der Waals surface area contributed by atoms with Crippen LogP contribution in [0.4, 0.5) is 5.69 Å². The summed E-state index contributed by atoms with van der Waals surface area (Å²) in [6.45, 7) is 0.441. The summed E-state index contributed by atoms with van der Waals surface area (Å²) in [4.78, 5) is 31.1. The molecule has 0 aliphatic carbocycles. The molecule has 4 rings (SSSR count). The van der Waals surface area contributed by atoms with Crippen LogP contribution in [0.1, 0.15) is 21.5 Å². The standard InChI is InChI=1S/C26H22N2O4S/c1-28-24(29)23(33-26(28)27-21-14-12-19(13-15-21)25(30)31-2)16-20-10-6-7-11-22(20)32-17-18-8-4-3-5-9-18/h3-16H,17H2,1-2H3/b23-16-,27-26?. The van der Waals surface area contributed by atoms with E-state index in [2.05, 4.69) is 4.99 Å². The lowest BCUT2D eigenvalue weighted by atomic mass is 10.2. The average molecular weight is 459 g/mol. The summed E-state index contributed by atoms with van der Waals surface area (Å²) in [5.74, 6) is 0.159. The highest BCUT2D eigenvalue weighted by Crippen LogP contribution is 2.34. The summed E-state index contributed by atoms with van der Waals surface area (Å²) in [6, 6.07) is 24.3. The Morgan fingerprint density at radius 1 is 1.00 bits per heavy atom. The Hall–Kier alpha value is -3.84. The van der Waals surface area contributed by atoms with E-state index in [1.54, 1.807) is 31.3 Å². The second-order valence-corrected chi connectivity index (χ2v) is 8.23. The first-order chi connectivity index (χ1) is 16.0. The molecule has 3 aromatic rings.